The lowest BCUT2D eigenvalue weighted by Crippen LogP contribution is -2.47. The highest BCUT2D eigenvalue weighted by molar-refractivity contribution is 4.87. The third-order valence-corrected chi connectivity index (χ3v) is 4.70. The van der Waals surface area contributed by atoms with Crippen LogP contribution in [0.3, 0.4) is 0 Å². The van der Waals surface area contributed by atoms with E-state index in [4.69, 9.17) is 0 Å². The van der Waals surface area contributed by atoms with Crippen molar-refractivity contribution < 1.29 is 5.11 Å². The van der Waals surface area contributed by atoms with E-state index in [2.05, 4.69) is 11.8 Å². The first-order valence-corrected chi connectivity index (χ1v) is 7.73. The smallest absolute Gasteiger partial charge is 0.0695 e. The molecule has 2 fully saturated rings. The third kappa shape index (κ3) is 3.69. The van der Waals surface area contributed by atoms with Gasteiger partial charge in [0.2, 0.25) is 0 Å². The molecule has 0 amide bonds. The van der Waals surface area contributed by atoms with E-state index in [-0.39, 0.29) is 6.10 Å². The van der Waals surface area contributed by atoms with Gasteiger partial charge in [-0.1, -0.05) is 32.6 Å². The van der Waals surface area contributed by atoms with Gasteiger partial charge in [-0.15, -0.1) is 0 Å². The SMILES string of the molecule is CCCC1CCC(O)C(N2CCCCCC2)C1. The molecule has 2 rings (SSSR count). The zero-order chi connectivity index (χ0) is 12.1. The van der Waals surface area contributed by atoms with Gasteiger partial charge in [0.05, 0.1) is 6.10 Å². The highest BCUT2D eigenvalue weighted by Gasteiger charge is 2.32. The van der Waals surface area contributed by atoms with Gasteiger partial charge in [-0.05, 0) is 51.1 Å². The van der Waals surface area contributed by atoms with Crippen molar-refractivity contribution in [3.05, 3.63) is 0 Å². The van der Waals surface area contributed by atoms with Gasteiger partial charge in [0, 0.05) is 6.04 Å². The summed E-state index contributed by atoms with van der Waals surface area (Å²) in [4.78, 5) is 2.60. The van der Waals surface area contributed by atoms with Crippen molar-refractivity contribution in [3.63, 3.8) is 0 Å². The summed E-state index contributed by atoms with van der Waals surface area (Å²) in [6.07, 6.45) is 11.6. The topological polar surface area (TPSA) is 23.5 Å². The van der Waals surface area contributed by atoms with Crippen LogP contribution in [0.5, 0.6) is 0 Å². The lowest BCUT2D eigenvalue weighted by molar-refractivity contribution is 0.00293. The molecule has 1 N–H and O–H groups in total. The summed E-state index contributed by atoms with van der Waals surface area (Å²) >= 11 is 0. The van der Waals surface area contributed by atoms with Gasteiger partial charge >= 0.3 is 0 Å². The maximum atomic E-state index is 10.3. The summed E-state index contributed by atoms with van der Waals surface area (Å²) in [7, 11) is 0. The number of aliphatic hydroxyl groups is 1. The molecule has 2 aliphatic rings. The first-order valence-electron chi connectivity index (χ1n) is 7.73. The van der Waals surface area contributed by atoms with Crippen LogP contribution in [0.4, 0.5) is 0 Å². The molecule has 0 aromatic carbocycles. The molecular weight excluding hydrogens is 210 g/mol. The van der Waals surface area contributed by atoms with Crippen LogP contribution in [0.15, 0.2) is 0 Å². The predicted octanol–water partition coefficient (Wildman–Crippen LogP) is 3.19. The van der Waals surface area contributed by atoms with Crippen molar-refractivity contribution in [1.82, 2.24) is 4.90 Å². The van der Waals surface area contributed by atoms with E-state index < -0.39 is 0 Å². The molecule has 17 heavy (non-hydrogen) atoms. The minimum Gasteiger partial charge on any atom is -0.391 e. The lowest BCUT2D eigenvalue weighted by atomic mass is 9.80. The second-order valence-corrected chi connectivity index (χ2v) is 6.05. The molecule has 1 aliphatic heterocycles. The maximum Gasteiger partial charge on any atom is 0.0695 e. The summed E-state index contributed by atoms with van der Waals surface area (Å²) in [6.45, 7) is 4.73. The second-order valence-electron chi connectivity index (χ2n) is 6.05. The molecule has 3 atom stereocenters. The molecule has 2 heteroatoms. The molecule has 3 unspecified atom stereocenters. The van der Waals surface area contributed by atoms with Crippen LogP contribution in [0, 0.1) is 5.92 Å². The Labute approximate surface area is 106 Å². The quantitative estimate of drug-likeness (QED) is 0.817. The Morgan fingerprint density at radius 2 is 1.76 bits per heavy atom. The third-order valence-electron chi connectivity index (χ3n) is 4.70. The Morgan fingerprint density at radius 1 is 1.06 bits per heavy atom. The van der Waals surface area contributed by atoms with Gasteiger partial charge in [0.1, 0.15) is 0 Å². The molecule has 2 nitrogen and oxygen atoms in total. The molecule has 100 valence electrons. The minimum atomic E-state index is -0.0544. The first kappa shape index (κ1) is 13.4. The Morgan fingerprint density at radius 3 is 2.41 bits per heavy atom. The van der Waals surface area contributed by atoms with Crippen LogP contribution in [-0.4, -0.2) is 35.2 Å². The van der Waals surface area contributed by atoms with Crippen molar-refractivity contribution in [2.75, 3.05) is 13.1 Å². The second kappa shape index (κ2) is 6.75. The molecule has 0 spiro atoms. The molecule has 1 heterocycles. The van der Waals surface area contributed by atoms with E-state index in [9.17, 15) is 5.11 Å². The molecule has 0 bridgehead atoms. The van der Waals surface area contributed by atoms with Crippen LogP contribution in [0.2, 0.25) is 0 Å². The highest BCUT2D eigenvalue weighted by Crippen LogP contribution is 2.32. The standard InChI is InChI=1S/C15H29NO/c1-2-7-13-8-9-15(17)14(12-13)16-10-5-3-4-6-11-16/h13-15,17H,2-12H2,1H3. The maximum absolute atomic E-state index is 10.3. The normalized spacial score (nSPS) is 36.7. The lowest BCUT2D eigenvalue weighted by Gasteiger charge is -2.40. The fourth-order valence-corrected chi connectivity index (χ4v) is 3.70. The van der Waals surface area contributed by atoms with Gasteiger partial charge in [0.15, 0.2) is 0 Å². The molecule has 1 saturated heterocycles. The first-order chi connectivity index (χ1) is 8.31. The predicted molar refractivity (Wildman–Crippen MR) is 72.1 cm³/mol. The van der Waals surface area contributed by atoms with E-state index in [1.165, 1.54) is 64.5 Å². The fourth-order valence-electron chi connectivity index (χ4n) is 3.70. The van der Waals surface area contributed by atoms with E-state index in [1.54, 1.807) is 0 Å². The summed E-state index contributed by atoms with van der Waals surface area (Å²) in [5, 5.41) is 10.3. The van der Waals surface area contributed by atoms with Crippen molar-refractivity contribution in [3.8, 4) is 0 Å². The van der Waals surface area contributed by atoms with Crippen LogP contribution in [0.25, 0.3) is 0 Å². The van der Waals surface area contributed by atoms with Crippen LogP contribution >= 0.6 is 0 Å². The molecule has 1 saturated carbocycles. The molecule has 1 aliphatic carbocycles. The van der Waals surface area contributed by atoms with E-state index in [1.807, 2.05) is 0 Å². The van der Waals surface area contributed by atoms with Gasteiger partial charge in [-0.2, -0.15) is 0 Å². The highest BCUT2D eigenvalue weighted by atomic mass is 16.3. The molecule has 0 aromatic rings. The minimum absolute atomic E-state index is 0.0544. The summed E-state index contributed by atoms with van der Waals surface area (Å²) in [6, 6.07) is 0.471. The van der Waals surface area contributed by atoms with Crippen molar-refractivity contribution in [2.45, 2.75) is 76.9 Å². The number of rotatable bonds is 3. The average Bonchev–Trinajstić information content (AvgIpc) is 2.60. The van der Waals surface area contributed by atoms with E-state index in [0.29, 0.717) is 6.04 Å². The zero-order valence-electron chi connectivity index (χ0n) is 11.4. The molecule has 0 radical (unpaired) electrons. The van der Waals surface area contributed by atoms with Gasteiger partial charge in [0.25, 0.3) is 0 Å². The number of hydrogen-bond acceptors (Lipinski definition) is 2. The molecule has 0 aromatic heterocycles. The zero-order valence-corrected chi connectivity index (χ0v) is 11.4. The van der Waals surface area contributed by atoms with Gasteiger partial charge < -0.3 is 5.11 Å². The summed E-state index contributed by atoms with van der Waals surface area (Å²) < 4.78 is 0. The van der Waals surface area contributed by atoms with Gasteiger partial charge in [-0.25, -0.2) is 0 Å². The van der Waals surface area contributed by atoms with Crippen LogP contribution < -0.4 is 0 Å². The molecular formula is C15H29NO. The summed E-state index contributed by atoms with van der Waals surface area (Å²) in [5.41, 5.74) is 0. The average molecular weight is 239 g/mol. The van der Waals surface area contributed by atoms with Crippen LogP contribution in [0.1, 0.15) is 64.7 Å². The van der Waals surface area contributed by atoms with E-state index in [0.717, 1.165) is 12.3 Å². The Hall–Kier alpha value is -0.0800. The van der Waals surface area contributed by atoms with Crippen LogP contribution in [-0.2, 0) is 0 Å². The number of hydrogen-bond donors (Lipinski definition) is 1. The Kier molecular flexibility index (Phi) is 5.30. The Bertz CT molecular complexity index is 211. The number of nitrogens with zero attached hydrogens (tertiary/aromatic N) is 1. The Balaban J connectivity index is 1.91. The number of aliphatic hydroxyl groups excluding tert-OH is 1. The monoisotopic (exact) mass is 239 g/mol. The van der Waals surface area contributed by atoms with Crippen molar-refractivity contribution >= 4 is 0 Å². The number of likely N-dealkylation sites (tertiary alicyclic amines) is 1. The van der Waals surface area contributed by atoms with Crippen molar-refractivity contribution in [2.24, 2.45) is 5.92 Å². The fraction of sp³-hybridized carbons (Fsp3) is 1.00. The van der Waals surface area contributed by atoms with Crippen molar-refractivity contribution in [1.29, 1.82) is 0 Å². The van der Waals surface area contributed by atoms with E-state index >= 15 is 0 Å². The van der Waals surface area contributed by atoms with Gasteiger partial charge in [-0.3, -0.25) is 4.90 Å². The largest absolute Gasteiger partial charge is 0.391 e. The summed E-state index contributed by atoms with van der Waals surface area (Å²) in [5.74, 6) is 0.872.